The van der Waals surface area contributed by atoms with Crippen molar-refractivity contribution in [3.63, 3.8) is 0 Å². The van der Waals surface area contributed by atoms with Crippen LogP contribution < -0.4 is 0 Å². The van der Waals surface area contributed by atoms with E-state index in [9.17, 15) is 9.59 Å². The molecular formula is C16H19Cl2NO3. The van der Waals surface area contributed by atoms with Crippen molar-refractivity contribution in [1.29, 1.82) is 0 Å². The molecule has 0 spiro atoms. The minimum atomic E-state index is -0.307. The Morgan fingerprint density at radius 3 is 2.59 bits per heavy atom. The van der Waals surface area contributed by atoms with E-state index in [4.69, 9.17) is 27.9 Å². The molecule has 0 heterocycles. The fraction of sp³-hybridized carbons (Fsp3) is 0.375. The molecule has 0 aromatic heterocycles. The Morgan fingerprint density at radius 2 is 2.00 bits per heavy atom. The average molecular weight is 344 g/mol. The highest BCUT2D eigenvalue weighted by Crippen LogP contribution is 2.22. The zero-order valence-corrected chi connectivity index (χ0v) is 14.2. The summed E-state index contributed by atoms with van der Waals surface area (Å²) in [6, 6.07) is 5.06. The van der Waals surface area contributed by atoms with Crippen LogP contribution in [0.25, 0.3) is 6.08 Å². The number of ether oxygens (including phenoxy) is 1. The first-order chi connectivity index (χ1) is 10.5. The number of esters is 1. The molecule has 120 valence electrons. The van der Waals surface area contributed by atoms with Gasteiger partial charge in [-0.3, -0.25) is 9.59 Å². The molecule has 4 nitrogen and oxygen atoms in total. The Hall–Kier alpha value is -1.52. The zero-order chi connectivity index (χ0) is 16.5. The van der Waals surface area contributed by atoms with Crippen LogP contribution in [-0.4, -0.2) is 36.5 Å². The lowest BCUT2D eigenvalue weighted by Gasteiger charge is -2.18. The molecule has 22 heavy (non-hydrogen) atoms. The van der Waals surface area contributed by atoms with Crippen LogP contribution in [0.3, 0.4) is 0 Å². The number of hydrogen-bond acceptors (Lipinski definition) is 3. The second-order valence-electron chi connectivity index (χ2n) is 4.47. The van der Waals surface area contributed by atoms with E-state index in [1.165, 1.54) is 6.08 Å². The Balaban J connectivity index is 2.64. The van der Waals surface area contributed by atoms with Gasteiger partial charge in [-0.25, -0.2) is 0 Å². The molecule has 0 unspecified atom stereocenters. The van der Waals surface area contributed by atoms with Gasteiger partial charge in [0.1, 0.15) is 0 Å². The predicted octanol–water partition coefficient (Wildman–Crippen LogP) is 3.81. The molecule has 0 atom stereocenters. The number of benzene rings is 1. The van der Waals surface area contributed by atoms with Crippen molar-refractivity contribution in [3.8, 4) is 0 Å². The summed E-state index contributed by atoms with van der Waals surface area (Å²) in [5, 5.41) is 1.02. The zero-order valence-electron chi connectivity index (χ0n) is 12.6. The monoisotopic (exact) mass is 343 g/mol. The van der Waals surface area contributed by atoms with Crippen LogP contribution in [-0.2, 0) is 14.3 Å². The summed E-state index contributed by atoms with van der Waals surface area (Å²) >= 11 is 11.9. The highest BCUT2D eigenvalue weighted by Gasteiger charge is 2.11. The van der Waals surface area contributed by atoms with Gasteiger partial charge in [0.05, 0.1) is 13.0 Å². The molecule has 1 aromatic carbocycles. The van der Waals surface area contributed by atoms with Crippen molar-refractivity contribution in [2.24, 2.45) is 0 Å². The maximum absolute atomic E-state index is 12.1. The van der Waals surface area contributed by atoms with Gasteiger partial charge in [-0.2, -0.15) is 0 Å². The summed E-state index contributed by atoms with van der Waals surface area (Å²) in [6.07, 6.45) is 3.25. The van der Waals surface area contributed by atoms with Crippen LogP contribution in [0.15, 0.2) is 24.3 Å². The number of nitrogens with zero attached hydrogens (tertiary/aromatic N) is 1. The van der Waals surface area contributed by atoms with E-state index in [1.807, 2.05) is 6.92 Å². The second-order valence-corrected chi connectivity index (χ2v) is 5.32. The van der Waals surface area contributed by atoms with E-state index in [0.717, 1.165) is 0 Å². The minimum Gasteiger partial charge on any atom is -0.466 e. The number of carbonyl (C=O) groups is 2. The normalized spacial score (nSPS) is 10.7. The lowest BCUT2D eigenvalue weighted by molar-refractivity contribution is -0.143. The van der Waals surface area contributed by atoms with E-state index in [1.54, 1.807) is 36.1 Å². The Labute approximate surface area is 140 Å². The van der Waals surface area contributed by atoms with Crippen LogP contribution in [0.1, 0.15) is 25.8 Å². The average Bonchev–Trinajstić information content (AvgIpc) is 2.47. The molecule has 1 amide bonds. The topological polar surface area (TPSA) is 46.6 Å². The highest BCUT2D eigenvalue weighted by atomic mass is 35.5. The molecule has 0 aliphatic heterocycles. The lowest BCUT2D eigenvalue weighted by Crippen LogP contribution is -2.31. The summed E-state index contributed by atoms with van der Waals surface area (Å²) in [5.41, 5.74) is 0.709. The van der Waals surface area contributed by atoms with E-state index in [2.05, 4.69) is 0 Å². The molecule has 1 aromatic rings. The largest absolute Gasteiger partial charge is 0.466 e. The van der Waals surface area contributed by atoms with Gasteiger partial charge in [0.15, 0.2) is 0 Å². The van der Waals surface area contributed by atoms with Crippen molar-refractivity contribution in [2.45, 2.75) is 20.3 Å². The molecule has 0 fully saturated rings. The molecule has 0 radical (unpaired) electrons. The van der Waals surface area contributed by atoms with Gasteiger partial charge in [0, 0.05) is 29.2 Å². The third-order valence-corrected chi connectivity index (χ3v) is 3.51. The van der Waals surface area contributed by atoms with Gasteiger partial charge < -0.3 is 9.64 Å². The standard InChI is InChI=1S/C16H19Cl2NO3/c1-3-19(10-9-16(21)22-4-2)15(20)8-6-12-5-7-13(17)11-14(12)18/h5-8,11H,3-4,9-10H2,1-2H3/b8-6+. The molecule has 1 rings (SSSR count). The van der Waals surface area contributed by atoms with E-state index in [0.29, 0.717) is 35.3 Å². The number of carbonyl (C=O) groups excluding carboxylic acids is 2. The predicted molar refractivity (Wildman–Crippen MR) is 89.0 cm³/mol. The van der Waals surface area contributed by atoms with Gasteiger partial charge in [-0.1, -0.05) is 29.3 Å². The van der Waals surface area contributed by atoms with E-state index >= 15 is 0 Å². The fourth-order valence-corrected chi connectivity index (χ4v) is 2.26. The second kappa shape index (κ2) is 9.49. The number of hydrogen-bond donors (Lipinski definition) is 0. The summed E-state index contributed by atoms with van der Waals surface area (Å²) in [6.45, 7) is 4.78. The molecule has 0 saturated carbocycles. The van der Waals surface area contributed by atoms with Crippen LogP contribution in [0.2, 0.25) is 10.0 Å². The molecule has 6 heteroatoms. The fourth-order valence-electron chi connectivity index (χ4n) is 1.79. The Kier molecular flexibility index (Phi) is 7.99. The summed E-state index contributed by atoms with van der Waals surface area (Å²) < 4.78 is 4.85. The SMILES string of the molecule is CCOC(=O)CCN(CC)C(=O)/C=C/c1ccc(Cl)cc1Cl. The van der Waals surface area contributed by atoms with Crippen molar-refractivity contribution in [2.75, 3.05) is 19.7 Å². The van der Waals surface area contributed by atoms with Crippen LogP contribution >= 0.6 is 23.2 Å². The van der Waals surface area contributed by atoms with Crippen molar-refractivity contribution in [1.82, 2.24) is 4.90 Å². The van der Waals surface area contributed by atoms with Gasteiger partial charge in [0.2, 0.25) is 5.91 Å². The molecule has 0 N–H and O–H groups in total. The van der Waals surface area contributed by atoms with Gasteiger partial charge in [0.25, 0.3) is 0 Å². The first-order valence-corrected chi connectivity index (χ1v) is 7.81. The van der Waals surface area contributed by atoms with Crippen molar-refractivity contribution < 1.29 is 14.3 Å². The molecule has 0 aliphatic carbocycles. The van der Waals surface area contributed by atoms with Gasteiger partial charge in [-0.15, -0.1) is 0 Å². The Morgan fingerprint density at radius 1 is 1.27 bits per heavy atom. The maximum atomic E-state index is 12.1. The van der Waals surface area contributed by atoms with Crippen LogP contribution in [0.5, 0.6) is 0 Å². The van der Waals surface area contributed by atoms with Crippen molar-refractivity contribution in [3.05, 3.63) is 39.9 Å². The smallest absolute Gasteiger partial charge is 0.307 e. The summed E-state index contributed by atoms with van der Waals surface area (Å²) in [5.74, 6) is -0.490. The quantitative estimate of drug-likeness (QED) is 0.558. The lowest BCUT2D eigenvalue weighted by atomic mass is 10.2. The van der Waals surface area contributed by atoms with E-state index in [-0.39, 0.29) is 18.3 Å². The number of halogens is 2. The van der Waals surface area contributed by atoms with Crippen molar-refractivity contribution >= 4 is 41.2 Å². The van der Waals surface area contributed by atoms with Gasteiger partial charge in [-0.05, 0) is 37.6 Å². The maximum Gasteiger partial charge on any atom is 0.307 e. The van der Waals surface area contributed by atoms with Crippen LogP contribution in [0, 0.1) is 0 Å². The molecule has 0 saturated heterocycles. The molecule has 0 aliphatic rings. The highest BCUT2D eigenvalue weighted by molar-refractivity contribution is 6.35. The summed E-state index contributed by atoms with van der Waals surface area (Å²) in [7, 11) is 0. The number of amides is 1. The van der Waals surface area contributed by atoms with Crippen LogP contribution in [0.4, 0.5) is 0 Å². The number of rotatable bonds is 7. The first-order valence-electron chi connectivity index (χ1n) is 7.05. The third-order valence-electron chi connectivity index (χ3n) is 2.95. The molecule has 0 bridgehead atoms. The minimum absolute atomic E-state index is 0.183. The number of likely N-dealkylation sites (N-methyl/N-ethyl adjacent to an activating group) is 1. The molecular weight excluding hydrogens is 325 g/mol. The van der Waals surface area contributed by atoms with E-state index < -0.39 is 0 Å². The third kappa shape index (κ3) is 6.08. The Bertz CT molecular complexity index is 558. The first kappa shape index (κ1) is 18.5. The summed E-state index contributed by atoms with van der Waals surface area (Å²) in [4.78, 5) is 25.0. The van der Waals surface area contributed by atoms with Gasteiger partial charge >= 0.3 is 5.97 Å².